The first-order valence-corrected chi connectivity index (χ1v) is 15.3. The van der Waals surface area contributed by atoms with Crippen molar-refractivity contribution in [2.24, 2.45) is 0 Å². The van der Waals surface area contributed by atoms with Gasteiger partial charge in [-0.1, -0.05) is 114 Å². The molecule has 3 rings (SSSR count). The number of halogens is 1. The first kappa shape index (κ1) is 31.4. The van der Waals surface area contributed by atoms with Crippen LogP contribution in [0.3, 0.4) is 0 Å². The fourth-order valence-electron chi connectivity index (χ4n) is 4.69. The Bertz CT molecular complexity index is 1200. The molecule has 0 unspecified atom stereocenters. The summed E-state index contributed by atoms with van der Waals surface area (Å²) < 4.78 is 11.2. The molecule has 40 heavy (non-hydrogen) atoms. The minimum absolute atomic E-state index is 0.169. The second-order valence-electron chi connectivity index (χ2n) is 10.4. The van der Waals surface area contributed by atoms with E-state index in [1.54, 1.807) is 18.2 Å². The van der Waals surface area contributed by atoms with E-state index < -0.39 is 11.9 Å². The molecule has 0 aliphatic carbocycles. The van der Waals surface area contributed by atoms with Crippen molar-refractivity contribution in [1.29, 1.82) is 0 Å². The molecule has 0 spiro atoms. The lowest BCUT2D eigenvalue weighted by atomic mass is 10.0. The van der Waals surface area contributed by atoms with E-state index in [1.807, 2.05) is 36.4 Å². The second kappa shape index (κ2) is 17.6. The normalized spacial score (nSPS) is 10.9. The molecule has 3 aromatic carbocycles. The highest BCUT2D eigenvalue weighted by atomic mass is 35.5. The van der Waals surface area contributed by atoms with Crippen molar-refractivity contribution in [3.63, 3.8) is 0 Å². The summed E-state index contributed by atoms with van der Waals surface area (Å²) in [5.41, 5.74) is 2.92. The molecule has 0 aliphatic rings. The fourth-order valence-corrected chi connectivity index (χ4v) is 4.94. The summed E-state index contributed by atoms with van der Waals surface area (Å²) in [5, 5.41) is 0.169. The third kappa shape index (κ3) is 10.5. The van der Waals surface area contributed by atoms with Gasteiger partial charge in [0.1, 0.15) is 11.5 Å². The molecule has 0 fully saturated rings. The number of esters is 2. The predicted octanol–water partition coefficient (Wildman–Crippen LogP) is 10.2. The lowest BCUT2D eigenvalue weighted by Crippen LogP contribution is -2.12. The van der Waals surface area contributed by atoms with Crippen molar-refractivity contribution in [3.05, 3.63) is 94.0 Å². The van der Waals surface area contributed by atoms with Crippen LogP contribution in [-0.4, -0.2) is 11.9 Å². The summed E-state index contributed by atoms with van der Waals surface area (Å²) in [5.74, 6) is -0.180. The summed E-state index contributed by atoms with van der Waals surface area (Å²) in [6, 6.07) is 19.7. The van der Waals surface area contributed by atoms with Crippen molar-refractivity contribution in [3.8, 4) is 11.5 Å². The van der Waals surface area contributed by atoms with Crippen LogP contribution in [0.2, 0.25) is 5.02 Å². The zero-order valence-electron chi connectivity index (χ0n) is 24.1. The van der Waals surface area contributed by atoms with Gasteiger partial charge in [-0.25, -0.2) is 9.59 Å². The first-order chi connectivity index (χ1) is 19.5. The summed E-state index contributed by atoms with van der Waals surface area (Å²) in [6.07, 6.45) is 15.3. The molecule has 0 saturated carbocycles. The quantitative estimate of drug-likeness (QED) is 0.0932. The lowest BCUT2D eigenvalue weighted by Gasteiger charge is -2.12. The number of aryl methyl sites for hydroxylation is 2. The van der Waals surface area contributed by atoms with Gasteiger partial charge < -0.3 is 9.47 Å². The van der Waals surface area contributed by atoms with E-state index in [1.165, 1.54) is 69.1 Å². The maximum Gasteiger partial charge on any atom is 0.345 e. The summed E-state index contributed by atoms with van der Waals surface area (Å²) in [7, 11) is 0. The molecule has 0 amide bonds. The molecule has 4 nitrogen and oxygen atoms in total. The molecule has 3 aromatic rings. The first-order valence-electron chi connectivity index (χ1n) is 14.9. The molecule has 0 atom stereocenters. The van der Waals surface area contributed by atoms with E-state index in [0.717, 1.165) is 37.7 Å². The standard InChI is InChI=1S/C35H43ClO4/c1-3-5-7-9-11-13-17-28-18-14-15-19-33(28)40-35(38)31-25-24-30(26-32(31)36)39-34(37)29-22-20-27(21-23-29)16-12-10-8-6-4-2/h14-15,18-26H,3-13,16-17H2,1-2H3. The summed E-state index contributed by atoms with van der Waals surface area (Å²) in [4.78, 5) is 25.6. The highest BCUT2D eigenvalue weighted by molar-refractivity contribution is 6.33. The average Bonchev–Trinajstić information content (AvgIpc) is 2.96. The Balaban J connectivity index is 1.53. The van der Waals surface area contributed by atoms with Crippen molar-refractivity contribution in [2.45, 2.75) is 97.3 Å². The molecule has 214 valence electrons. The number of carbonyl (C=O) groups excluding carboxylic acids is 2. The maximum absolute atomic E-state index is 12.9. The van der Waals surface area contributed by atoms with Crippen LogP contribution in [0.1, 0.15) is 116 Å². The van der Waals surface area contributed by atoms with Crippen LogP contribution in [0.25, 0.3) is 0 Å². The zero-order chi connectivity index (χ0) is 28.6. The molecule has 0 aromatic heterocycles. The van der Waals surface area contributed by atoms with E-state index >= 15 is 0 Å². The van der Waals surface area contributed by atoms with Gasteiger partial charge in [-0.2, -0.15) is 0 Å². The van der Waals surface area contributed by atoms with Crippen LogP contribution in [-0.2, 0) is 12.8 Å². The van der Waals surface area contributed by atoms with Gasteiger partial charge in [0.2, 0.25) is 0 Å². The number of rotatable bonds is 17. The number of para-hydroxylation sites is 1. The monoisotopic (exact) mass is 562 g/mol. The predicted molar refractivity (Wildman–Crippen MR) is 164 cm³/mol. The van der Waals surface area contributed by atoms with E-state index in [2.05, 4.69) is 13.8 Å². The van der Waals surface area contributed by atoms with Gasteiger partial charge >= 0.3 is 11.9 Å². The Kier molecular flexibility index (Phi) is 13.8. The zero-order valence-corrected chi connectivity index (χ0v) is 24.8. The molecule has 5 heteroatoms. The number of ether oxygens (including phenoxy) is 2. The van der Waals surface area contributed by atoms with E-state index in [-0.39, 0.29) is 16.3 Å². The van der Waals surface area contributed by atoms with Crippen molar-refractivity contribution in [1.82, 2.24) is 0 Å². The summed E-state index contributed by atoms with van der Waals surface area (Å²) in [6.45, 7) is 4.43. The second-order valence-corrected chi connectivity index (χ2v) is 10.8. The van der Waals surface area contributed by atoms with Gasteiger partial charge in [-0.05, 0) is 67.1 Å². The van der Waals surface area contributed by atoms with Gasteiger partial charge in [-0.15, -0.1) is 0 Å². The molecule has 0 bridgehead atoms. The molecular formula is C35H43ClO4. The van der Waals surface area contributed by atoms with Crippen molar-refractivity contribution >= 4 is 23.5 Å². The molecule has 0 heterocycles. The summed E-state index contributed by atoms with van der Waals surface area (Å²) >= 11 is 6.41. The number of carbonyl (C=O) groups is 2. The van der Waals surface area contributed by atoms with Crippen molar-refractivity contribution < 1.29 is 19.1 Å². The SMILES string of the molecule is CCCCCCCCc1ccccc1OC(=O)c1ccc(OC(=O)c2ccc(CCCCCCC)cc2)cc1Cl. The molecule has 0 saturated heterocycles. The fraction of sp³-hybridized carbons (Fsp3) is 0.429. The third-order valence-corrected chi connectivity index (χ3v) is 7.42. The van der Waals surface area contributed by atoms with Gasteiger partial charge in [0.05, 0.1) is 16.1 Å². The van der Waals surface area contributed by atoms with Crippen LogP contribution in [0.15, 0.2) is 66.7 Å². The lowest BCUT2D eigenvalue weighted by molar-refractivity contribution is 0.0729. The smallest absolute Gasteiger partial charge is 0.345 e. The van der Waals surface area contributed by atoms with Gasteiger partial charge in [0.15, 0.2) is 0 Å². The van der Waals surface area contributed by atoms with Crippen LogP contribution in [0.5, 0.6) is 11.5 Å². The maximum atomic E-state index is 12.9. The highest BCUT2D eigenvalue weighted by Crippen LogP contribution is 2.27. The van der Waals surface area contributed by atoms with Crippen molar-refractivity contribution in [2.75, 3.05) is 0 Å². The Morgan fingerprint density at radius 1 is 0.650 bits per heavy atom. The van der Waals surface area contributed by atoms with Gasteiger partial charge in [0.25, 0.3) is 0 Å². The molecular weight excluding hydrogens is 520 g/mol. The average molecular weight is 563 g/mol. The minimum atomic E-state index is -0.538. The Morgan fingerprint density at radius 3 is 1.95 bits per heavy atom. The van der Waals surface area contributed by atoms with Crippen LogP contribution in [0, 0.1) is 0 Å². The Hall–Kier alpha value is -3.11. The van der Waals surface area contributed by atoms with Gasteiger partial charge in [-0.3, -0.25) is 0 Å². The number of unbranched alkanes of at least 4 members (excludes halogenated alkanes) is 9. The highest BCUT2D eigenvalue weighted by Gasteiger charge is 2.17. The van der Waals surface area contributed by atoms with Crippen LogP contribution < -0.4 is 9.47 Å². The Labute approximate surface area is 245 Å². The van der Waals surface area contributed by atoms with E-state index in [4.69, 9.17) is 21.1 Å². The Morgan fingerprint density at radius 2 is 1.27 bits per heavy atom. The van der Waals surface area contributed by atoms with E-state index in [0.29, 0.717) is 11.3 Å². The molecule has 0 N–H and O–H groups in total. The molecule has 0 aliphatic heterocycles. The number of hydrogen-bond donors (Lipinski definition) is 0. The topological polar surface area (TPSA) is 52.6 Å². The third-order valence-electron chi connectivity index (χ3n) is 7.10. The largest absolute Gasteiger partial charge is 0.423 e. The van der Waals surface area contributed by atoms with Crippen LogP contribution in [0.4, 0.5) is 0 Å². The van der Waals surface area contributed by atoms with E-state index in [9.17, 15) is 9.59 Å². The minimum Gasteiger partial charge on any atom is -0.423 e. The number of hydrogen-bond acceptors (Lipinski definition) is 4. The van der Waals surface area contributed by atoms with Gasteiger partial charge in [0, 0.05) is 6.07 Å². The molecule has 0 radical (unpaired) electrons. The van der Waals surface area contributed by atoms with Crippen LogP contribution >= 0.6 is 11.6 Å². The number of benzene rings is 3.